The van der Waals surface area contributed by atoms with Gasteiger partial charge >= 0.3 is 5.97 Å². The van der Waals surface area contributed by atoms with Crippen molar-refractivity contribution in [2.45, 2.75) is 39.7 Å². The molecule has 1 aliphatic rings. The molecule has 0 saturated carbocycles. The van der Waals surface area contributed by atoms with Crippen LogP contribution in [0, 0.1) is 5.41 Å². The van der Waals surface area contributed by atoms with Crippen molar-refractivity contribution in [3.63, 3.8) is 0 Å². The smallest absolute Gasteiger partial charge is 0.317 e. The zero-order valence-electron chi connectivity index (χ0n) is 14.6. The Morgan fingerprint density at radius 3 is 2.61 bits per heavy atom. The van der Waals surface area contributed by atoms with E-state index in [1.54, 1.807) is 11.9 Å². The molecule has 1 heterocycles. The van der Waals surface area contributed by atoms with E-state index in [0.717, 1.165) is 6.42 Å². The molecule has 1 fully saturated rings. The van der Waals surface area contributed by atoms with Crippen LogP contribution in [0.5, 0.6) is 0 Å². The minimum absolute atomic E-state index is 0.0851. The van der Waals surface area contributed by atoms with E-state index in [2.05, 4.69) is 20.8 Å². The summed E-state index contributed by atoms with van der Waals surface area (Å²) in [6.07, 6.45) is 1.22. The molecule has 1 N–H and O–H groups in total. The van der Waals surface area contributed by atoms with Gasteiger partial charge in [0.2, 0.25) is 10.0 Å². The van der Waals surface area contributed by atoms with Crippen LogP contribution in [0.2, 0.25) is 0 Å². The van der Waals surface area contributed by atoms with Gasteiger partial charge in [-0.05, 0) is 25.3 Å². The molecule has 1 rings (SSSR count). The molecule has 0 spiro atoms. The molecule has 1 saturated heterocycles. The normalized spacial score (nSPS) is 20.8. The average Bonchev–Trinajstić information content (AvgIpc) is 2.36. The van der Waals surface area contributed by atoms with Gasteiger partial charge < -0.3 is 9.84 Å². The Kier molecular flexibility index (Phi) is 7.44. The number of carboxylic acids is 1. The minimum atomic E-state index is -3.28. The predicted molar refractivity (Wildman–Crippen MR) is 88.9 cm³/mol. The van der Waals surface area contributed by atoms with Crippen LogP contribution in [0.1, 0.15) is 33.6 Å². The van der Waals surface area contributed by atoms with Crippen molar-refractivity contribution < 1.29 is 23.1 Å². The lowest BCUT2D eigenvalue weighted by Gasteiger charge is -2.34. The van der Waals surface area contributed by atoms with Crippen molar-refractivity contribution in [2.75, 3.05) is 45.6 Å². The van der Waals surface area contributed by atoms with E-state index in [1.165, 1.54) is 4.31 Å². The van der Waals surface area contributed by atoms with Crippen molar-refractivity contribution in [3.8, 4) is 0 Å². The molecule has 0 bridgehead atoms. The second-order valence-corrected chi connectivity index (χ2v) is 9.51. The van der Waals surface area contributed by atoms with Gasteiger partial charge in [-0.15, -0.1) is 0 Å². The summed E-state index contributed by atoms with van der Waals surface area (Å²) < 4.78 is 31.9. The predicted octanol–water partition coefficient (Wildman–Crippen LogP) is 0.860. The quantitative estimate of drug-likeness (QED) is 0.699. The monoisotopic (exact) mass is 350 g/mol. The van der Waals surface area contributed by atoms with Gasteiger partial charge in [-0.3, -0.25) is 9.69 Å². The van der Waals surface area contributed by atoms with Crippen molar-refractivity contribution in [1.29, 1.82) is 0 Å². The molecule has 0 aromatic rings. The van der Waals surface area contributed by atoms with E-state index in [0.29, 0.717) is 32.7 Å². The summed E-state index contributed by atoms with van der Waals surface area (Å²) in [6.45, 7) is 7.63. The van der Waals surface area contributed by atoms with E-state index < -0.39 is 16.0 Å². The first kappa shape index (κ1) is 20.3. The summed E-state index contributed by atoms with van der Waals surface area (Å²) in [6, 6.07) is 0. The summed E-state index contributed by atoms with van der Waals surface area (Å²) in [5.41, 5.74) is 0.128. The van der Waals surface area contributed by atoms with Crippen LogP contribution < -0.4 is 0 Å². The first-order valence-corrected chi connectivity index (χ1v) is 9.60. The summed E-state index contributed by atoms with van der Waals surface area (Å²) in [4.78, 5) is 12.3. The fourth-order valence-electron chi connectivity index (χ4n) is 2.61. The molecule has 0 aliphatic carbocycles. The Bertz CT molecular complexity index is 487. The van der Waals surface area contributed by atoms with Crippen molar-refractivity contribution in [3.05, 3.63) is 0 Å². The SMILES string of the molecule is CN(CC(=O)O)CC1CN(S(=O)(=O)CCCC(C)(C)C)CCO1. The number of ether oxygens (including phenoxy) is 1. The topological polar surface area (TPSA) is 87.2 Å². The highest BCUT2D eigenvalue weighted by atomic mass is 32.2. The second kappa shape index (κ2) is 8.41. The van der Waals surface area contributed by atoms with Crippen LogP contribution in [-0.4, -0.2) is 80.4 Å². The van der Waals surface area contributed by atoms with Gasteiger partial charge in [0, 0.05) is 19.6 Å². The number of aliphatic carboxylic acids is 1. The molecule has 23 heavy (non-hydrogen) atoms. The van der Waals surface area contributed by atoms with Crippen molar-refractivity contribution >= 4 is 16.0 Å². The number of sulfonamides is 1. The largest absolute Gasteiger partial charge is 0.480 e. The molecule has 1 aliphatic heterocycles. The van der Waals surface area contributed by atoms with Crippen LogP contribution >= 0.6 is 0 Å². The van der Waals surface area contributed by atoms with Crippen molar-refractivity contribution in [2.24, 2.45) is 5.41 Å². The Morgan fingerprint density at radius 2 is 2.04 bits per heavy atom. The van der Waals surface area contributed by atoms with Crippen LogP contribution in [-0.2, 0) is 19.6 Å². The fraction of sp³-hybridized carbons (Fsp3) is 0.933. The highest BCUT2D eigenvalue weighted by molar-refractivity contribution is 7.89. The molecule has 7 nitrogen and oxygen atoms in total. The fourth-order valence-corrected chi connectivity index (χ4v) is 4.13. The molecular weight excluding hydrogens is 320 g/mol. The zero-order chi connectivity index (χ0) is 17.7. The first-order chi connectivity index (χ1) is 10.5. The minimum Gasteiger partial charge on any atom is -0.480 e. The second-order valence-electron chi connectivity index (χ2n) is 7.42. The lowest BCUT2D eigenvalue weighted by molar-refractivity contribution is -0.138. The highest BCUT2D eigenvalue weighted by Crippen LogP contribution is 2.22. The number of carboxylic acid groups (broad SMARTS) is 1. The maximum Gasteiger partial charge on any atom is 0.317 e. The van der Waals surface area contributed by atoms with Crippen molar-refractivity contribution in [1.82, 2.24) is 9.21 Å². The summed E-state index contributed by atoms with van der Waals surface area (Å²) >= 11 is 0. The molecular formula is C15H30N2O5S. The van der Waals surface area contributed by atoms with Crippen LogP contribution in [0.15, 0.2) is 0 Å². The zero-order valence-corrected chi connectivity index (χ0v) is 15.4. The van der Waals surface area contributed by atoms with Gasteiger partial charge in [0.05, 0.1) is 25.0 Å². The van der Waals surface area contributed by atoms with E-state index in [-0.39, 0.29) is 23.8 Å². The van der Waals surface area contributed by atoms with E-state index in [9.17, 15) is 13.2 Å². The summed E-state index contributed by atoms with van der Waals surface area (Å²) in [7, 11) is -1.59. The number of rotatable bonds is 8. The molecule has 1 atom stereocenters. The third-order valence-electron chi connectivity index (χ3n) is 3.74. The third kappa shape index (κ3) is 8.10. The molecule has 1 unspecified atom stereocenters. The van der Waals surface area contributed by atoms with Crippen LogP contribution in [0.25, 0.3) is 0 Å². The van der Waals surface area contributed by atoms with Gasteiger partial charge in [-0.1, -0.05) is 20.8 Å². The number of nitrogens with zero attached hydrogens (tertiary/aromatic N) is 2. The van der Waals surface area contributed by atoms with Gasteiger partial charge in [-0.2, -0.15) is 4.31 Å². The first-order valence-electron chi connectivity index (χ1n) is 7.99. The number of likely N-dealkylation sites (N-methyl/N-ethyl adjacent to an activating group) is 1. The number of hydrogen-bond donors (Lipinski definition) is 1. The van der Waals surface area contributed by atoms with Gasteiger partial charge in [-0.25, -0.2) is 8.42 Å². The van der Waals surface area contributed by atoms with E-state index in [1.807, 2.05) is 0 Å². The Morgan fingerprint density at radius 1 is 1.39 bits per heavy atom. The molecule has 136 valence electrons. The average molecular weight is 350 g/mol. The number of morpholine rings is 1. The number of carbonyl (C=O) groups is 1. The Balaban J connectivity index is 2.51. The molecule has 0 aromatic carbocycles. The summed E-state index contributed by atoms with van der Waals surface area (Å²) in [5.74, 6) is -0.753. The molecule has 0 amide bonds. The maximum absolute atomic E-state index is 12.4. The van der Waals surface area contributed by atoms with Gasteiger partial charge in [0.1, 0.15) is 0 Å². The van der Waals surface area contributed by atoms with Crippen LogP contribution in [0.4, 0.5) is 0 Å². The Labute approximate surface area is 139 Å². The standard InChI is InChI=1S/C15H30N2O5S/c1-15(2,3)6-5-9-23(20,21)17-7-8-22-13(11-17)10-16(4)12-14(18)19/h13H,5-12H2,1-4H3,(H,18,19). The lowest BCUT2D eigenvalue weighted by Crippen LogP contribution is -2.50. The number of hydrogen-bond acceptors (Lipinski definition) is 5. The molecule has 0 radical (unpaired) electrons. The van der Waals surface area contributed by atoms with Gasteiger partial charge in [0.25, 0.3) is 0 Å². The van der Waals surface area contributed by atoms with E-state index >= 15 is 0 Å². The lowest BCUT2D eigenvalue weighted by atomic mass is 9.91. The highest BCUT2D eigenvalue weighted by Gasteiger charge is 2.30. The van der Waals surface area contributed by atoms with Crippen LogP contribution in [0.3, 0.4) is 0 Å². The van der Waals surface area contributed by atoms with E-state index in [4.69, 9.17) is 9.84 Å². The Hall–Kier alpha value is -0.700. The molecule has 8 heteroatoms. The van der Waals surface area contributed by atoms with Gasteiger partial charge in [0.15, 0.2) is 0 Å². The molecule has 0 aromatic heterocycles. The maximum atomic E-state index is 12.4. The summed E-state index contributed by atoms with van der Waals surface area (Å²) in [5, 5.41) is 8.77. The third-order valence-corrected chi connectivity index (χ3v) is 5.67.